The predicted octanol–water partition coefficient (Wildman–Crippen LogP) is 4.17. The summed E-state index contributed by atoms with van der Waals surface area (Å²) in [5, 5.41) is 2.73. The molecule has 0 spiro atoms. The number of halogens is 2. The van der Waals surface area contributed by atoms with Crippen LogP contribution in [0.2, 0.25) is 0 Å². The number of hydrogen-bond donors (Lipinski definition) is 1. The van der Waals surface area contributed by atoms with Crippen LogP contribution in [0.5, 0.6) is 0 Å². The van der Waals surface area contributed by atoms with Gasteiger partial charge >= 0.3 is 5.76 Å². The number of nitrogens with zero attached hydrogens (tertiary/aromatic N) is 1. The molecular formula is C21H24F2N2O3S. The minimum absolute atomic E-state index is 0.185. The van der Waals surface area contributed by atoms with Crippen LogP contribution in [-0.2, 0) is 16.4 Å². The van der Waals surface area contributed by atoms with Crippen molar-refractivity contribution >= 4 is 21.4 Å². The fourth-order valence-electron chi connectivity index (χ4n) is 3.27. The van der Waals surface area contributed by atoms with Gasteiger partial charge in [0.25, 0.3) is 5.91 Å². The number of anilines is 1. The van der Waals surface area contributed by atoms with Crippen molar-refractivity contribution in [3.8, 4) is 0 Å². The lowest BCUT2D eigenvalue weighted by atomic mass is 9.99. The molecule has 1 fully saturated rings. The number of amides is 1. The summed E-state index contributed by atoms with van der Waals surface area (Å²) in [5.74, 6) is -3.15. The molecule has 2 aromatic rings. The van der Waals surface area contributed by atoms with Gasteiger partial charge in [0.1, 0.15) is 0 Å². The third-order valence-corrected chi connectivity index (χ3v) is 6.57. The van der Waals surface area contributed by atoms with Crippen molar-refractivity contribution in [2.24, 2.45) is 5.92 Å². The molecule has 0 radical (unpaired) electrons. The first-order valence-corrected chi connectivity index (χ1v) is 11.0. The molecule has 0 bridgehead atoms. The van der Waals surface area contributed by atoms with Crippen molar-refractivity contribution in [3.05, 3.63) is 59.7 Å². The van der Waals surface area contributed by atoms with Gasteiger partial charge in [0.05, 0.1) is 4.90 Å². The number of hydrogen-bond acceptors (Lipinski definition) is 4. The predicted molar refractivity (Wildman–Crippen MR) is 108 cm³/mol. The molecule has 1 saturated heterocycles. The summed E-state index contributed by atoms with van der Waals surface area (Å²) in [6.07, 6.45) is 2.43. The van der Waals surface area contributed by atoms with Crippen molar-refractivity contribution in [2.75, 3.05) is 18.4 Å². The van der Waals surface area contributed by atoms with Crippen LogP contribution in [0.25, 0.3) is 0 Å². The van der Waals surface area contributed by atoms with Crippen molar-refractivity contribution in [1.29, 1.82) is 0 Å². The third kappa shape index (κ3) is 5.39. The van der Waals surface area contributed by atoms with Gasteiger partial charge < -0.3 is 5.32 Å². The summed E-state index contributed by atoms with van der Waals surface area (Å²) in [5.41, 5.74) is 1.96. The SMILES string of the molecule is CC1CCN(Cc2ccc(NC(=O)c3ccc(S(=O)(=O)C(F)F)cc3)cc2)CC1. The van der Waals surface area contributed by atoms with E-state index in [2.05, 4.69) is 17.1 Å². The zero-order valence-corrected chi connectivity index (χ0v) is 17.0. The average molecular weight is 422 g/mol. The van der Waals surface area contributed by atoms with Crippen LogP contribution < -0.4 is 5.32 Å². The Morgan fingerprint density at radius 1 is 1.07 bits per heavy atom. The fraction of sp³-hybridized carbons (Fsp3) is 0.381. The van der Waals surface area contributed by atoms with Crippen LogP contribution in [0.3, 0.4) is 0 Å². The number of likely N-dealkylation sites (tertiary alicyclic amines) is 1. The van der Waals surface area contributed by atoms with Crippen LogP contribution in [0, 0.1) is 5.92 Å². The molecule has 1 aliphatic rings. The molecule has 0 unspecified atom stereocenters. The molecule has 1 amide bonds. The Morgan fingerprint density at radius 3 is 2.21 bits per heavy atom. The molecule has 0 aromatic heterocycles. The Kier molecular flexibility index (Phi) is 6.64. The van der Waals surface area contributed by atoms with Crippen LogP contribution in [0.15, 0.2) is 53.4 Å². The second-order valence-corrected chi connectivity index (χ2v) is 9.36. The van der Waals surface area contributed by atoms with Crippen molar-refractivity contribution < 1.29 is 22.0 Å². The normalized spacial score (nSPS) is 16.1. The maximum atomic E-state index is 12.6. The highest BCUT2D eigenvalue weighted by atomic mass is 32.2. The average Bonchev–Trinajstić information content (AvgIpc) is 2.71. The Balaban J connectivity index is 1.59. The molecule has 29 heavy (non-hydrogen) atoms. The molecule has 0 atom stereocenters. The van der Waals surface area contributed by atoms with Gasteiger partial charge in [-0.3, -0.25) is 9.69 Å². The Hall–Kier alpha value is -2.32. The number of nitrogens with one attached hydrogen (secondary N) is 1. The number of carbonyl (C=O) groups excluding carboxylic acids is 1. The van der Waals surface area contributed by atoms with E-state index >= 15 is 0 Å². The summed E-state index contributed by atoms with van der Waals surface area (Å²) < 4.78 is 48.0. The first-order chi connectivity index (χ1) is 13.8. The summed E-state index contributed by atoms with van der Waals surface area (Å²) in [6, 6.07) is 12.0. The second-order valence-electron chi connectivity index (χ2n) is 7.44. The zero-order chi connectivity index (χ0) is 21.0. The van der Waals surface area contributed by atoms with E-state index in [0.717, 1.165) is 37.7 Å². The number of rotatable bonds is 6. The van der Waals surface area contributed by atoms with Gasteiger partial charge in [-0.05, 0) is 73.8 Å². The maximum Gasteiger partial charge on any atom is 0.341 e. The molecule has 2 aromatic carbocycles. The number of alkyl halides is 2. The third-order valence-electron chi connectivity index (χ3n) is 5.17. The lowest BCUT2D eigenvalue weighted by Crippen LogP contribution is -2.32. The molecule has 5 nitrogen and oxygen atoms in total. The molecule has 1 aliphatic heterocycles. The molecule has 0 aliphatic carbocycles. The van der Waals surface area contributed by atoms with E-state index in [0.29, 0.717) is 5.69 Å². The highest BCUT2D eigenvalue weighted by Gasteiger charge is 2.26. The number of benzene rings is 2. The van der Waals surface area contributed by atoms with Gasteiger partial charge in [-0.1, -0.05) is 19.1 Å². The van der Waals surface area contributed by atoms with E-state index in [9.17, 15) is 22.0 Å². The largest absolute Gasteiger partial charge is 0.341 e. The summed E-state index contributed by atoms with van der Waals surface area (Å²) in [4.78, 5) is 14.2. The molecular weight excluding hydrogens is 398 g/mol. The number of piperidine rings is 1. The topological polar surface area (TPSA) is 66.5 Å². The Labute approximate surface area is 169 Å². The van der Waals surface area contributed by atoms with Crippen molar-refractivity contribution in [1.82, 2.24) is 4.90 Å². The van der Waals surface area contributed by atoms with Crippen LogP contribution in [0.1, 0.15) is 35.7 Å². The molecule has 1 N–H and O–H groups in total. The van der Waals surface area contributed by atoms with Gasteiger partial charge in [0.2, 0.25) is 9.84 Å². The minimum Gasteiger partial charge on any atom is -0.322 e. The van der Waals surface area contributed by atoms with E-state index in [-0.39, 0.29) is 5.56 Å². The van der Waals surface area contributed by atoms with Gasteiger partial charge in [-0.2, -0.15) is 8.78 Å². The molecule has 156 valence electrons. The van der Waals surface area contributed by atoms with Gasteiger partial charge in [-0.15, -0.1) is 0 Å². The first-order valence-electron chi connectivity index (χ1n) is 9.50. The molecule has 8 heteroatoms. The molecule has 3 rings (SSSR count). The lowest BCUT2D eigenvalue weighted by Gasteiger charge is -2.30. The summed E-state index contributed by atoms with van der Waals surface area (Å²) >= 11 is 0. The van der Waals surface area contributed by atoms with Crippen molar-refractivity contribution in [3.63, 3.8) is 0 Å². The molecule has 0 saturated carbocycles. The van der Waals surface area contributed by atoms with E-state index in [1.165, 1.54) is 30.5 Å². The fourth-order valence-corrected chi connectivity index (χ4v) is 4.00. The van der Waals surface area contributed by atoms with Gasteiger partial charge in [0.15, 0.2) is 0 Å². The highest BCUT2D eigenvalue weighted by molar-refractivity contribution is 7.91. The summed E-state index contributed by atoms with van der Waals surface area (Å²) in [7, 11) is -4.67. The number of carbonyl (C=O) groups is 1. The Bertz CT molecular complexity index is 937. The van der Waals surface area contributed by atoms with Gasteiger partial charge in [-0.25, -0.2) is 8.42 Å². The van der Waals surface area contributed by atoms with Crippen LogP contribution >= 0.6 is 0 Å². The van der Waals surface area contributed by atoms with Gasteiger partial charge in [0, 0.05) is 17.8 Å². The molecule has 1 heterocycles. The van der Waals surface area contributed by atoms with E-state index in [1.807, 2.05) is 24.3 Å². The van der Waals surface area contributed by atoms with E-state index < -0.39 is 26.4 Å². The lowest BCUT2D eigenvalue weighted by molar-refractivity contribution is 0.102. The second kappa shape index (κ2) is 9.00. The van der Waals surface area contributed by atoms with Crippen molar-refractivity contribution in [2.45, 2.75) is 37.0 Å². The Morgan fingerprint density at radius 2 is 1.66 bits per heavy atom. The van der Waals surface area contributed by atoms with E-state index in [1.54, 1.807) is 0 Å². The monoisotopic (exact) mass is 422 g/mol. The number of sulfone groups is 1. The zero-order valence-electron chi connectivity index (χ0n) is 16.1. The van der Waals surface area contributed by atoms with Crippen LogP contribution in [-0.4, -0.2) is 38.1 Å². The minimum atomic E-state index is -4.67. The standard InChI is InChI=1S/C21H24F2N2O3S/c1-15-10-12-25(13-11-15)14-16-2-6-18(7-3-16)24-20(26)17-4-8-19(9-5-17)29(27,28)21(22)23/h2-9,15,21H,10-14H2,1H3,(H,24,26). The highest BCUT2D eigenvalue weighted by Crippen LogP contribution is 2.21. The van der Waals surface area contributed by atoms with E-state index in [4.69, 9.17) is 0 Å². The first kappa shape index (κ1) is 21.4. The quantitative estimate of drug-likeness (QED) is 0.759. The maximum absolute atomic E-state index is 12.6. The summed E-state index contributed by atoms with van der Waals surface area (Å²) in [6.45, 7) is 5.34. The smallest absolute Gasteiger partial charge is 0.322 e. The van der Waals surface area contributed by atoms with Crippen LogP contribution in [0.4, 0.5) is 14.5 Å².